The van der Waals surface area contributed by atoms with Gasteiger partial charge in [-0.25, -0.2) is 0 Å². The Kier molecular flexibility index (Phi) is 6.54. The number of anilines is 1. The lowest BCUT2D eigenvalue weighted by Crippen LogP contribution is -2.50. The van der Waals surface area contributed by atoms with Crippen LogP contribution in [0, 0.1) is 13.8 Å². The van der Waals surface area contributed by atoms with Crippen molar-refractivity contribution >= 4 is 11.6 Å². The minimum Gasteiger partial charge on any atom is -0.369 e. The molecule has 0 aromatic heterocycles. The number of carbonyl (C=O) groups excluding carboxylic acids is 1. The molecule has 1 aromatic carbocycles. The number of carbonyl (C=O) groups is 1. The minimum absolute atomic E-state index is 0.331. The van der Waals surface area contributed by atoms with Crippen molar-refractivity contribution < 1.29 is 4.79 Å². The molecule has 5 nitrogen and oxygen atoms in total. The van der Waals surface area contributed by atoms with Gasteiger partial charge in [-0.15, -0.1) is 0 Å². The van der Waals surface area contributed by atoms with Gasteiger partial charge in [-0.2, -0.15) is 0 Å². The SMILES string of the molecule is CCN1CCN(C(=O)CCN2CCN(c3cccc(C)c3C)CC2)CC1. The van der Waals surface area contributed by atoms with Crippen molar-refractivity contribution in [3.8, 4) is 0 Å². The first-order chi connectivity index (χ1) is 12.6. The third-order valence-electron chi connectivity index (χ3n) is 6.10. The molecule has 1 aromatic rings. The van der Waals surface area contributed by atoms with Crippen LogP contribution in [0.4, 0.5) is 5.69 Å². The Labute approximate surface area is 158 Å². The Hall–Kier alpha value is -1.59. The number of rotatable bonds is 5. The molecule has 0 atom stereocenters. The normalized spacial score (nSPS) is 19.8. The number of benzene rings is 1. The Morgan fingerprint density at radius 1 is 0.923 bits per heavy atom. The van der Waals surface area contributed by atoms with E-state index in [-0.39, 0.29) is 0 Å². The van der Waals surface area contributed by atoms with E-state index in [2.05, 4.69) is 58.6 Å². The molecule has 0 spiro atoms. The van der Waals surface area contributed by atoms with Crippen molar-refractivity contribution in [1.29, 1.82) is 0 Å². The smallest absolute Gasteiger partial charge is 0.223 e. The fraction of sp³-hybridized carbons (Fsp3) is 0.667. The van der Waals surface area contributed by atoms with Gasteiger partial charge in [-0.3, -0.25) is 9.69 Å². The molecule has 0 aliphatic carbocycles. The van der Waals surface area contributed by atoms with Gasteiger partial charge < -0.3 is 14.7 Å². The second kappa shape index (κ2) is 8.87. The summed E-state index contributed by atoms with van der Waals surface area (Å²) in [4.78, 5) is 21.9. The van der Waals surface area contributed by atoms with E-state index in [4.69, 9.17) is 0 Å². The first kappa shape index (κ1) is 19.2. The molecule has 0 radical (unpaired) electrons. The van der Waals surface area contributed by atoms with Crippen LogP contribution < -0.4 is 4.90 Å². The standard InChI is InChI=1S/C21H34N4O/c1-4-22-10-16-25(17-11-22)21(26)8-9-23-12-14-24(15-13-23)20-7-5-6-18(2)19(20)3/h5-7H,4,8-17H2,1-3H3. The largest absolute Gasteiger partial charge is 0.369 e. The van der Waals surface area contributed by atoms with Gasteiger partial charge >= 0.3 is 0 Å². The van der Waals surface area contributed by atoms with Crippen LogP contribution >= 0.6 is 0 Å². The third-order valence-corrected chi connectivity index (χ3v) is 6.10. The molecule has 26 heavy (non-hydrogen) atoms. The zero-order chi connectivity index (χ0) is 18.5. The predicted octanol–water partition coefficient (Wildman–Crippen LogP) is 1.98. The summed E-state index contributed by atoms with van der Waals surface area (Å²) in [6.07, 6.45) is 0.662. The fourth-order valence-electron chi connectivity index (χ4n) is 4.02. The second-order valence-corrected chi connectivity index (χ2v) is 7.61. The van der Waals surface area contributed by atoms with E-state index < -0.39 is 0 Å². The van der Waals surface area contributed by atoms with Crippen molar-refractivity contribution in [2.75, 3.05) is 70.3 Å². The van der Waals surface area contributed by atoms with E-state index in [1.807, 2.05) is 0 Å². The lowest BCUT2D eigenvalue weighted by Gasteiger charge is -2.38. The van der Waals surface area contributed by atoms with Crippen LogP contribution in [0.15, 0.2) is 18.2 Å². The maximum absolute atomic E-state index is 12.5. The highest BCUT2D eigenvalue weighted by atomic mass is 16.2. The monoisotopic (exact) mass is 358 g/mol. The molecule has 2 aliphatic rings. The summed E-state index contributed by atoms with van der Waals surface area (Å²) in [5.74, 6) is 0.331. The summed E-state index contributed by atoms with van der Waals surface area (Å²) in [5.41, 5.74) is 4.12. The number of piperazine rings is 2. The highest BCUT2D eigenvalue weighted by Crippen LogP contribution is 2.23. The number of likely N-dealkylation sites (N-methyl/N-ethyl adjacent to an activating group) is 1. The highest BCUT2D eigenvalue weighted by molar-refractivity contribution is 5.76. The Morgan fingerprint density at radius 3 is 2.23 bits per heavy atom. The summed E-state index contributed by atoms with van der Waals surface area (Å²) in [6, 6.07) is 6.57. The molecule has 2 fully saturated rings. The summed E-state index contributed by atoms with van der Waals surface area (Å²) < 4.78 is 0. The zero-order valence-electron chi connectivity index (χ0n) is 16.7. The van der Waals surface area contributed by atoms with Gasteiger partial charge in [0.1, 0.15) is 0 Å². The molecular formula is C21H34N4O. The van der Waals surface area contributed by atoms with Gasteiger partial charge in [0.2, 0.25) is 5.91 Å². The molecule has 2 heterocycles. The summed E-state index contributed by atoms with van der Waals surface area (Å²) in [7, 11) is 0. The van der Waals surface area contributed by atoms with Crippen molar-refractivity contribution in [3.05, 3.63) is 29.3 Å². The lowest BCUT2D eigenvalue weighted by molar-refractivity contribution is -0.133. The molecule has 0 bridgehead atoms. The fourth-order valence-corrected chi connectivity index (χ4v) is 4.02. The molecular weight excluding hydrogens is 324 g/mol. The van der Waals surface area contributed by atoms with Crippen LogP contribution in [0.5, 0.6) is 0 Å². The molecule has 3 rings (SSSR count). The molecule has 2 saturated heterocycles. The average molecular weight is 359 g/mol. The van der Waals surface area contributed by atoms with Gasteiger partial charge in [0, 0.05) is 71.0 Å². The quantitative estimate of drug-likeness (QED) is 0.805. The molecule has 144 valence electrons. The number of amides is 1. The summed E-state index contributed by atoms with van der Waals surface area (Å²) in [6.45, 7) is 16.6. The van der Waals surface area contributed by atoms with Gasteiger partial charge in [-0.1, -0.05) is 19.1 Å². The van der Waals surface area contributed by atoms with E-state index in [0.717, 1.165) is 65.4 Å². The molecule has 0 N–H and O–H groups in total. The molecule has 0 saturated carbocycles. The van der Waals surface area contributed by atoms with Gasteiger partial charge in [0.15, 0.2) is 0 Å². The molecule has 5 heteroatoms. The zero-order valence-corrected chi connectivity index (χ0v) is 16.7. The van der Waals surface area contributed by atoms with Crippen LogP contribution in [0.2, 0.25) is 0 Å². The van der Waals surface area contributed by atoms with E-state index in [1.165, 1.54) is 16.8 Å². The van der Waals surface area contributed by atoms with E-state index in [0.29, 0.717) is 12.3 Å². The Bertz CT molecular complexity index is 602. The second-order valence-electron chi connectivity index (χ2n) is 7.61. The maximum atomic E-state index is 12.5. The first-order valence-electron chi connectivity index (χ1n) is 10.1. The maximum Gasteiger partial charge on any atom is 0.223 e. The predicted molar refractivity (Wildman–Crippen MR) is 108 cm³/mol. The molecule has 2 aliphatic heterocycles. The van der Waals surface area contributed by atoms with E-state index >= 15 is 0 Å². The summed E-state index contributed by atoms with van der Waals surface area (Å²) in [5, 5.41) is 0. The first-order valence-corrected chi connectivity index (χ1v) is 10.1. The van der Waals surface area contributed by atoms with Crippen molar-refractivity contribution in [1.82, 2.24) is 14.7 Å². The third kappa shape index (κ3) is 4.57. The molecule has 1 amide bonds. The van der Waals surface area contributed by atoms with E-state index in [9.17, 15) is 4.79 Å². The van der Waals surface area contributed by atoms with Crippen LogP contribution in [0.25, 0.3) is 0 Å². The minimum atomic E-state index is 0.331. The topological polar surface area (TPSA) is 30.0 Å². The van der Waals surface area contributed by atoms with E-state index in [1.54, 1.807) is 0 Å². The van der Waals surface area contributed by atoms with Crippen molar-refractivity contribution in [2.24, 2.45) is 0 Å². The lowest BCUT2D eigenvalue weighted by atomic mass is 10.1. The van der Waals surface area contributed by atoms with Crippen LogP contribution in [-0.2, 0) is 4.79 Å². The number of hydrogen-bond donors (Lipinski definition) is 0. The molecule has 0 unspecified atom stereocenters. The summed E-state index contributed by atoms with van der Waals surface area (Å²) >= 11 is 0. The number of hydrogen-bond acceptors (Lipinski definition) is 4. The van der Waals surface area contributed by atoms with Gasteiger partial charge in [-0.05, 0) is 37.6 Å². The Morgan fingerprint density at radius 2 is 1.58 bits per heavy atom. The number of aryl methyl sites for hydroxylation is 1. The van der Waals surface area contributed by atoms with Crippen LogP contribution in [0.1, 0.15) is 24.5 Å². The van der Waals surface area contributed by atoms with Gasteiger partial charge in [0.05, 0.1) is 0 Å². The van der Waals surface area contributed by atoms with Crippen molar-refractivity contribution in [3.63, 3.8) is 0 Å². The number of nitrogens with zero attached hydrogens (tertiary/aromatic N) is 4. The van der Waals surface area contributed by atoms with Crippen LogP contribution in [-0.4, -0.2) is 86.1 Å². The van der Waals surface area contributed by atoms with Crippen molar-refractivity contribution in [2.45, 2.75) is 27.2 Å². The highest BCUT2D eigenvalue weighted by Gasteiger charge is 2.22. The van der Waals surface area contributed by atoms with Crippen LogP contribution in [0.3, 0.4) is 0 Å². The Balaban J connectivity index is 1.42. The average Bonchev–Trinajstić information content (AvgIpc) is 2.69. The van der Waals surface area contributed by atoms with Gasteiger partial charge in [0.25, 0.3) is 0 Å².